The van der Waals surface area contributed by atoms with Crippen molar-refractivity contribution in [2.24, 2.45) is 0 Å². The van der Waals surface area contributed by atoms with Gasteiger partial charge in [-0.05, 0) is 30.7 Å². The SMILES string of the molecule is CCOC(=O)/C=C/[C@H](O)[C@@H](O)COCc1ccc(OC)cc1. The minimum absolute atomic E-state index is 0.0552. The largest absolute Gasteiger partial charge is 0.497 e. The first-order valence-electron chi connectivity index (χ1n) is 6.98. The third-order valence-electron chi connectivity index (χ3n) is 2.83. The summed E-state index contributed by atoms with van der Waals surface area (Å²) in [5.74, 6) is 0.191. The van der Waals surface area contributed by atoms with Crippen LogP contribution in [0.25, 0.3) is 0 Å². The molecule has 0 amide bonds. The van der Waals surface area contributed by atoms with Gasteiger partial charge in [0.05, 0.1) is 26.9 Å². The minimum atomic E-state index is -1.19. The molecule has 0 heterocycles. The number of ether oxygens (including phenoxy) is 3. The van der Waals surface area contributed by atoms with Crippen LogP contribution in [0.1, 0.15) is 12.5 Å². The van der Waals surface area contributed by atoms with E-state index in [0.29, 0.717) is 6.61 Å². The number of carbonyl (C=O) groups is 1. The molecule has 1 aromatic carbocycles. The molecule has 0 aliphatic carbocycles. The van der Waals surface area contributed by atoms with Gasteiger partial charge in [-0.15, -0.1) is 0 Å². The molecule has 0 saturated heterocycles. The predicted molar refractivity (Wildman–Crippen MR) is 80.4 cm³/mol. The van der Waals surface area contributed by atoms with Crippen molar-refractivity contribution in [3.05, 3.63) is 42.0 Å². The molecule has 0 aliphatic rings. The molecule has 0 aromatic heterocycles. The molecule has 0 fully saturated rings. The Morgan fingerprint density at radius 3 is 2.55 bits per heavy atom. The second kappa shape index (κ2) is 9.94. The van der Waals surface area contributed by atoms with Crippen LogP contribution in [-0.4, -0.2) is 48.7 Å². The van der Waals surface area contributed by atoms with Crippen LogP contribution in [0, 0.1) is 0 Å². The molecule has 1 aromatic rings. The summed E-state index contributed by atoms with van der Waals surface area (Å²) in [6.07, 6.45) is -0.0514. The van der Waals surface area contributed by atoms with Crippen molar-refractivity contribution in [3.63, 3.8) is 0 Å². The Hall–Kier alpha value is -1.89. The molecule has 2 N–H and O–H groups in total. The van der Waals surface area contributed by atoms with E-state index in [-0.39, 0.29) is 13.2 Å². The maximum Gasteiger partial charge on any atom is 0.330 e. The third-order valence-corrected chi connectivity index (χ3v) is 2.83. The fourth-order valence-corrected chi connectivity index (χ4v) is 1.61. The summed E-state index contributed by atoms with van der Waals surface area (Å²) in [5.41, 5.74) is 0.921. The number of benzene rings is 1. The smallest absolute Gasteiger partial charge is 0.330 e. The lowest BCUT2D eigenvalue weighted by Crippen LogP contribution is -2.29. The zero-order valence-electron chi connectivity index (χ0n) is 12.8. The number of methoxy groups -OCH3 is 1. The minimum Gasteiger partial charge on any atom is -0.497 e. The Balaban J connectivity index is 2.32. The fraction of sp³-hybridized carbons (Fsp3) is 0.438. The van der Waals surface area contributed by atoms with E-state index in [1.165, 1.54) is 6.08 Å². The molecular weight excluding hydrogens is 288 g/mol. The van der Waals surface area contributed by atoms with E-state index in [2.05, 4.69) is 4.74 Å². The molecule has 6 heteroatoms. The van der Waals surface area contributed by atoms with Crippen LogP contribution in [-0.2, 0) is 20.9 Å². The van der Waals surface area contributed by atoms with Gasteiger partial charge in [-0.2, -0.15) is 0 Å². The van der Waals surface area contributed by atoms with Crippen molar-refractivity contribution < 1.29 is 29.2 Å². The molecule has 22 heavy (non-hydrogen) atoms. The average Bonchev–Trinajstić information content (AvgIpc) is 2.53. The molecule has 2 atom stereocenters. The molecule has 0 bridgehead atoms. The van der Waals surface area contributed by atoms with Crippen molar-refractivity contribution in [1.82, 2.24) is 0 Å². The lowest BCUT2D eigenvalue weighted by molar-refractivity contribution is -0.137. The van der Waals surface area contributed by atoms with Crippen molar-refractivity contribution in [1.29, 1.82) is 0 Å². The summed E-state index contributed by atoms with van der Waals surface area (Å²) in [6, 6.07) is 7.32. The van der Waals surface area contributed by atoms with Gasteiger partial charge in [-0.25, -0.2) is 4.79 Å². The monoisotopic (exact) mass is 310 g/mol. The normalized spacial score (nSPS) is 13.8. The summed E-state index contributed by atoms with van der Waals surface area (Å²) in [4.78, 5) is 11.1. The Labute approximate surface area is 129 Å². The number of hydrogen-bond donors (Lipinski definition) is 2. The Bertz CT molecular complexity index is 468. The van der Waals surface area contributed by atoms with Gasteiger partial charge in [0.25, 0.3) is 0 Å². The van der Waals surface area contributed by atoms with Crippen LogP contribution in [0.4, 0.5) is 0 Å². The van der Waals surface area contributed by atoms with E-state index in [1.807, 2.05) is 24.3 Å². The maximum absolute atomic E-state index is 11.1. The average molecular weight is 310 g/mol. The van der Waals surface area contributed by atoms with Crippen molar-refractivity contribution in [2.45, 2.75) is 25.7 Å². The highest BCUT2D eigenvalue weighted by atomic mass is 16.5. The van der Waals surface area contributed by atoms with E-state index >= 15 is 0 Å². The first-order chi connectivity index (χ1) is 10.6. The molecule has 0 radical (unpaired) electrons. The van der Waals surface area contributed by atoms with Gasteiger partial charge < -0.3 is 24.4 Å². The van der Waals surface area contributed by atoms with E-state index in [0.717, 1.165) is 17.4 Å². The van der Waals surface area contributed by atoms with Crippen LogP contribution < -0.4 is 4.74 Å². The zero-order chi connectivity index (χ0) is 16.4. The summed E-state index contributed by atoms with van der Waals surface area (Å²) >= 11 is 0. The highest BCUT2D eigenvalue weighted by Gasteiger charge is 2.14. The standard InChI is InChI=1S/C16H22O6/c1-3-22-16(19)9-8-14(17)15(18)11-21-10-12-4-6-13(20-2)7-5-12/h4-9,14-15,17-18H,3,10-11H2,1-2H3/b9-8+/t14-,15-/m0/s1. The molecule has 0 spiro atoms. The number of aliphatic hydroxyl groups is 2. The first kappa shape index (κ1) is 18.2. The highest BCUT2D eigenvalue weighted by molar-refractivity contribution is 5.81. The Kier molecular flexibility index (Phi) is 8.21. The summed E-state index contributed by atoms with van der Waals surface area (Å²) in [5, 5.41) is 19.4. The van der Waals surface area contributed by atoms with Crippen molar-refractivity contribution >= 4 is 5.97 Å². The quantitative estimate of drug-likeness (QED) is 0.524. The fourth-order valence-electron chi connectivity index (χ4n) is 1.61. The van der Waals surface area contributed by atoms with Gasteiger partial charge in [0, 0.05) is 6.08 Å². The first-order valence-corrected chi connectivity index (χ1v) is 6.98. The van der Waals surface area contributed by atoms with Gasteiger partial charge in [0.1, 0.15) is 18.0 Å². The zero-order valence-corrected chi connectivity index (χ0v) is 12.8. The van der Waals surface area contributed by atoms with Gasteiger partial charge in [0.2, 0.25) is 0 Å². The molecule has 0 saturated carbocycles. The number of rotatable bonds is 9. The second-order valence-electron chi connectivity index (χ2n) is 4.53. The lowest BCUT2D eigenvalue weighted by atomic mass is 10.2. The maximum atomic E-state index is 11.1. The Morgan fingerprint density at radius 1 is 1.27 bits per heavy atom. The van der Waals surface area contributed by atoms with Gasteiger partial charge in [-0.1, -0.05) is 12.1 Å². The Morgan fingerprint density at radius 2 is 1.95 bits per heavy atom. The van der Waals surface area contributed by atoms with Crippen LogP contribution in [0.15, 0.2) is 36.4 Å². The van der Waals surface area contributed by atoms with E-state index in [9.17, 15) is 15.0 Å². The van der Waals surface area contributed by atoms with Crippen LogP contribution in [0.2, 0.25) is 0 Å². The van der Waals surface area contributed by atoms with Gasteiger partial charge in [0.15, 0.2) is 0 Å². The van der Waals surface area contributed by atoms with E-state index < -0.39 is 18.2 Å². The van der Waals surface area contributed by atoms with Gasteiger partial charge >= 0.3 is 5.97 Å². The van der Waals surface area contributed by atoms with E-state index in [1.54, 1.807) is 14.0 Å². The molecule has 0 unspecified atom stereocenters. The summed E-state index contributed by atoms with van der Waals surface area (Å²) in [6.45, 7) is 2.19. The third kappa shape index (κ3) is 6.71. The lowest BCUT2D eigenvalue weighted by Gasteiger charge is -2.14. The highest BCUT2D eigenvalue weighted by Crippen LogP contribution is 2.12. The molecular formula is C16H22O6. The number of esters is 1. The number of carbonyl (C=O) groups excluding carboxylic acids is 1. The predicted octanol–water partition coefficient (Wildman–Crippen LogP) is 1.05. The van der Waals surface area contributed by atoms with Crippen LogP contribution >= 0.6 is 0 Å². The summed E-state index contributed by atoms with van der Waals surface area (Å²) < 4.78 is 15.0. The molecule has 122 valence electrons. The number of hydrogen-bond acceptors (Lipinski definition) is 6. The van der Waals surface area contributed by atoms with Crippen molar-refractivity contribution in [2.75, 3.05) is 20.3 Å². The van der Waals surface area contributed by atoms with Gasteiger partial charge in [-0.3, -0.25) is 0 Å². The van der Waals surface area contributed by atoms with Crippen LogP contribution in [0.3, 0.4) is 0 Å². The topological polar surface area (TPSA) is 85.2 Å². The molecule has 0 aliphatic heterocycles. The summed E-state index contributed by atoms with van der Waals surface area (Å²) in [7, 11) is 1.59. The van der Waals surface area contributed by atoms with Crippen molar-refractivity contribution in [3.8, 4) is 5.75 Å². The van der Waals surface area contributed by atoms with E-state index in [4.69, 9.17) is 9.47 Å². The second-order valence-corrected chi connectivity index (χ2v) is 4.53. The molecule has 6 nitrogen and oxygen atoms in total. The number of aliphatic hydroxyl groups excluding tert-OH is 2. The molecule has 1 rings (SSSR count). The van der Waals surface area contributed by atoms with Crippen LogP contribution in [0.5, 0.6) is 5.75 Å².